The van der Waals surface area contributed by atoms with E-state index in [0.29, 0.717) is 10.9 Å². The van der Waals surface area contributed by atoms with Crippen molar-refractivity contribution in [1.82, 2.24) is 9.97 Å². The Balaban J connectivity index is 2.41. The summed E-state index contributed by atoms with van der Waals surface area (Å²) in [4.78, 5) is 8.68. The second kappa shape index (κ2) is 6.57. The molecule has 0 saturated heterocycles. The molecule has 0 atom stereocenters. The van der Waals surface area contributed by atoms with Gasteiger partial charge in [-0.05, 0) is 25.0 Å². The van der Waals surface area contributed by atoms with E-state index in [1.807, 2.05) is 31.2 Å². The molecule has 2 aromatic rings. The molecule has 106 valence electrons. The molecule has 0 radical (unpaired) electrons. The van der Waals surface area contributed by atoms with Gasteiger partial charge in [0, 0.05) is 12.1 Å². The summed E-state index contributed by atoms with van der Waals surface area (Å²) in [6, 6.07) is 7.63. The molecule has 1 aromatic carbocycles. The van der Waals surface area contributed by atoms with E-state index in [-0.39, 0.29) is 0 Å². The van der Waals surface area contributed by atoms with Crippen LogP contribution < -0.4 is 10.6 Å². The number of nitrogens with zero attached hydrogens (tertiary/aromatic N) is 2. The maximum absolute atomic E-state index is 6.19. The van der Waals surface area contributed by atoms with Gasteiger partial charge in [0.1, 0.15) is 18.0 Å². The standard InChI is InChI=1S/C15H19ClN4/c1-4-17-14-13(10(2)3)15(19-9-18-14)20-12-8-6-5-7-11(12)16/h5-10H,4H2,1-3H3,(H2,17,18,19,20). The number of rotatable bonds is 5. The lowest BCUT2D eigenvalue weighted by Crippen LogP contribution is -2.09. The van der Waals surface area contributed by atoms with Crippen LogP contribution in [0.4, 0.5) is 17.3 Å². The summed E-state index contributed by atoms with van der Waals surface area (Å²) >= 11 is 6.19. The van der Waals surface area contributed by atoms with Crippen LogP contribution in [0.5, 0.6) is 0 Å². The van der Waals surface area contributed by atoms with Gasteiger partial charge in [0.25, 0.3) is 0 Å². The van der Waals surface area contributed by atoms with Crippen LogP contribution in [0, 0.1) is 0 Å². The van der Waals surface area contributed by atoms with Crippen molar-refractivity contribution < 1.29 is 0 Å². The van der Waals surface area contributed by atoms with E-state index >= 15 is 0 Å². The molecule has 2 rings (SSSR count). The van der Waals surface area contributed by atoms with Crippen LogP contribution in [0.3, 0.4) is 0 Å². The first kappa shape index (κ1) is 14.6. The Bertz CT molecular complexity index is 584. The van der Waals surface area contributed by atoms with Gasteiger partial charge in [-0.1, -0.05) is 37.6 Å². The molecule has 1 heterocycles. The van der Waals surface area contributed by atoms with Gasteiger partial charge < -0.3 is 10.6 Å². The highest BCUT2D eigenvalue weighted by atomic mass is 35.5. The molecule has 0 bridgehead atoms. The molecule has 20 heavy (non-hydrogen) atoms. The molecule has 1 aromatic heterocycles. The summed E-state index contributed by atoms with van der Waals surface area (Å²) in [6.07, 6.45) is 1.56. The van der Waals surface area contributed by atoms with Crippen LogP contribution in [0.1, 0.15) is 32.3 Å². The van der Waals surface area contributed by atoms with Crippen molar-refractivity contribution in [1.29, 1.82) is 0 Å². The minimum absolute atomic E-state index is 0.301. The van der Waals surface area contributed by atoms with Crippen molar-refractivity contribution in [3.63, 3.8) is 0 Å². The molecule has 2 N–H and O–H groups in total. The predicted octanol–water partition coefficient (Wildman–Crippen LogP) is 4.43. The molecule has 0 saturated carbocycles. The van der Waals surface area contributed by atoms with E-state index in [1.54, 1.807) is 6.33 Å². The Morgan fingerprint density at radius 3 is 2.50 bits per heavy atom. The zero-order valence-electron chi connectivity index (χ0n) is 11.9. The van der Waals surface area contributed by atoms with Crippen LogP contribution in [-0.2, 0) is 0 Å². The zero-order valence-corrected chi connectivity index (χ0v) is 12.7. The molecule has 0 aliphatic heterocycles. The smallest absolute Gasteiger partial charge is 0.139 e. The lowest BCUT2D eigenvalue weighted by Gasteiger charge is -2.17. The number of hydrogen-bond acceptors (Lipinski definition) is 4. The zero-order chi connectivity index (χ0) is 14.5. The minimum Gasteiger partial charge on any atom is -0.370 e. The van der Waals surface area contributed by atoms with Gasteiger partial charge in [0.15, 0.2) is 0 Å². The Hall–Kier alpha value is -1.81. The number of anilines is 3. The van der Waals surface area contributed by atoms with Gasteiger partial charge in [0.2, 0.25) is 0 Å². The largest absolute Gasteiger partial charge is 0.370 e. The van der Waals surface area contributed by atoms with E-state index in [9.17, 15) is 0 Å². The van der Waals surface area contributed by atoms with Gasteiger partial charge in [-0.2, -0.15) is 0 Å². The number of benzene rings is 1. The molecule has 4 nitrogen and oxygen atoms in total. The molecule has 0 unspecified atom stereocenters. The van der Waals surface area contributed by atoms with Gasteiger partial charge in [-0.15, -0.1) is 0 Å². The fourth-order valence-electron chi connectivity index (χ4n) is 2.04. The second-order valence-electron chi connectivity index (χ2n) is 4.77. The average molecular weight is 291 g/mol. The van der Waals surface area contributed by atoms with E-state index < -0.39 is 0 Å². The van der Waals surface area contributed by atoms with Crippen LogP contribution in [0.25, 0.3) is 0 Å². The first-order valence-corrected chi connectivity index (χ1v) is 7.11. The van der Waals surface area contributed by atoms with Crippen molar-refractivity contribution in [2.24, 2.45) is 0 Å². The molecular formula is C15H19ClN4. The summed E-state index contributed by atoms with van der Waals surface area (Å²) < 4.78 is 0. The van der Waals surface area contributed by atoms with E-state index in [1.165, 1.54) is 0 Å². The fraction of sp³-hybridized carbons (Fsp3) is 0.333. The number of hydrogen-bond donors (Lipinski definition) is 2. The Morgan fingerprint density at radius 1 is 1.15 bits per heavy atom. The highest BCUT2D eigenvalue weighted by Crippen LogP contribution is 2.32. The summed E-state index contributed by atoms with van der Waals surface area (Å²) in [7, 11) is 0. The minimum atomic E-state index is 0.301. The van der Waals surface area contributed by atoms with Crippen molar-refractivity contribution in [2.75, 3.05) is 17.2 Å². The topological polar surface area (TPSA) is 49.8 Å². The van der Waals surface area contributed by atoms with Gasteiger partial charge in [0.05, 0.1) is 10.7 Å². The molecule has 0 fully saturated rings. The number of para-hydroxylation sites is 1. The average Bonchev–Trinajstić information content (AvgIpc) is 2.41. The number of halogens is 1. The normalized spacial score (nSPS) is 10.7. The Morgan fingerprint density at radius 2 is 1.85 bits per heavy atom. The molecular weight excluding hydrogens is 272 g/mol. The first-order valence-electron chi connectivity index (χ1n) is 6.73. The van der Waals surface area contributed by atoms with E-state index in [4.69, 9.17) is 11.6 Å². The summed E-state index contributed by atoms with van der Waals surface area (Å²) in [6.45, 7) is 7.12. The summed E-state index contributed by atoms with van der Waals surface area (Å²) in [5, 5.41) is 7.24. The van der Waals surface area contributed by atoms with Gasteiger partial charge >= 0.3 is 0 Å². The summed E-state index contributed by atoms with van der Waals surface area (Å²) in [5.74, 6) is 1.96. The van der Waals surface area contributed by atoms with Crippen LogP contribution >= 0.6 is 11.6 Å². The molecule has 5 heteroatoms. The predicted molar refractivity (Wildman–Crippen MR) is 85.0 cm³/mol. The van der Waals surface area contributed by atoms with Crippen molar-refractivity contribution in [2.45, 2.75) is 26.7 Å². The third kappa shape index (κ3) is 3.20. The molecule has 0 aliphatic carbocycles. The third-order valence-electron chi connectivity index (χ3n) is 2.93. The van der Waals surface area contributed by atoms with Crippen LogP contribution in [0.2, 0.25) is 5.02 Å². The van der Waals surface area contributed by atoms with Crippen LogP contribution in [0.15, 0.2) is 30.6 Å². The number of aromatic nitrogens is 2. The highest BCUT2D eigenvalue weighted by Gasteiger charge is 2.15. The lowest BCUT2D eigenvalue weighted by molar-refractivity contribution is 0.849. The molecule has 0 amide bonds. The van der Waals surface area contributed by atoms with E-state index in [2.05, 4.69) is 34.4 Å². The summed E-state index contributed by atoms with van der Waals surface area (Å²) in [5.41, 5.74) is 1.91. The van der Waals surface area contributed by atoms with Crippen molar-refractivity contribution in [3.05, 3.63) is 41.2 Å². The van der Waals surface area contributed by atoms with Crippen molar-refractivity contribution in [3.8, 4) is 0 Å². The Kier molecular flexibility index (Phi) is 4.79. The van der Waals surface area contributed by atoms with Gasteiger partial charge in [-0.3, -0.25) is 0 Å². The highest BCUT2D eigenvalue weighted by molar-refractivity contribution is 6.33. The van der Waals surface area contributed by atoms with E-state index in [0.717, 1.165) is 29.4 Å². The molecule has 0 spiro atoms. The maximum Gasteiger partial charge on any atom is 0.139 e. The lowest BCUT2D eigenvalue weighted by atomic mass is 10.0. The van der Waals surface area contributed by atoms with Crippen LogP contribution in [-0.4, -0.2) is 16.5 Å². The monoisotopic (exact) mass is 290 g/mol. The first-order chi connectivity index (χ1) is 9.63. The second-order valence-corrected chi connectivity index (χ2v) is 5.18. The SMILES string of the molecule is CCNc1ncnc(Nc2ccccc2Cl)c1C(C)C. The van der Waals surface area contributed by atoms with Gasteiger partial charge in [-0.25, -0.2) is 9.97 Å². The Labute approximate surface area is 124 Å². The maximum atomic E-state index is 6.19. The fourth-order valence-corrected chi connectivity index (χ4v) is 2.22. The quantitative estimate of drug-likeness (QED) is 0.855. The third-order valence-corrected chi connectivity index (χ3v) is 3.26. The van der Waals surface area contributed by atoms with Crippen molar-refractivity contribution >= 4 is 28.9 Å². The molecule has 0 aliphatic rings. The number of nitrogens with one attached hydrogen (secondary N) is 2.